The number of aliphatic carboxylic acids is 1. The Morgan fingerprint density at radius 2 is 1.90 bits per heavy atom. The number of benzene rings is 2. The van der Waals surface area contributed by atoms with Gasteiger partial charge >= 0.3 is 5.97 Å². The summed E-state index contributed by atoms with van der Waals surface area (Å²) in [5.74, 6) is 0.251. The van der Waals surface area contributed by atoms with Gasteiger partial charge in [-0.1, -0.05) is 24.3 Å². The first kappa shape index (κ1) is 18.4. The Labute approximate surface area is 177 Å². The first-order chi connectivity index (χ1) is 14.6. The Kier molecular flexibility index (Phi) is 4.21. The number of fused-ring (bicyclic) bond motifs is 2. The molecule has 1 saturated heterocycles. The van der Waals surface area contributed by atoms with E-state index < -0.39 is 5.97 Å². The first-order valence-corrected chi connectivity index (χ1v) is 11.4. The predicted molar refractivity (Wildman–Crippen MR) is 115 cm³/mol. The maximum Gasteiger partial charge on any atom is 0.306 e. The van der Waals surface area contributed by atoms with Crippen LogP contribution in [0.25, 0.3) is 0 Å². The Morgan fingerprint density at radius 1 is 1.07 bits per heavy atom. The number of hydrogen-bond donors (Lipinski definition) is 1. The Morgan fingerprint density at radius 3 is 2.73 bits per heavy atom. The quantitative estimate of drug-likeness (QED) is 0.819. The minimum absolute atomic E-state index is 0.113. The highest BCUT2D eigenvalue weighted by Gasteiger charge is 2.51. The molecule has 1 N–H and O–H groups in total. The maximum absolute atomic E-state index is 11.1. The largest absolute Gasteiger partial charge is 0.489 e. The van der Waals surface area contributed by atoms with Gasteiger partial charge < -0.3 is 9.84 Å². The number of carboxylic acid groups (broad SMARTS) is 1. The normalized spacial score (nSPS) is 26.0. The lowest BCUT2D eigenvalue weighted by Gasteiger charge is -2.55. The van der Waals surface area contributed by atoms with Crippen molar-refractivity contribution in [3.63, 3.8) is 0 Å². The molecule has 4 heteroatoms. The third-order valence-corrected chi connectivity index (χ3v) is 8.00. The van der Waals surface area contributed by atoms with Gasteiger partial charge in [-0.25, -0.2) is 0 Å². The van der Waals surface area contributed by atoms with Gasteiger partial charge in [-0.15, -0.1) is 0 Å². The van der Waals surface area contributed by atoms with Crippen molar-refractivity contribution < 1.29 is 14.6 Å². The molecule has 6 rings (SSSR count). The van der Waals surface area contributed by atoms with E-state index in [4.69, 9.17) is 9.84 Å². The average molecular weight is 404 g/mol. The lowest BCUT2D eigenvalue weighted by molar-refractivity contribution is -0.150. The molecule has 1 heterocycles. The maximum atomic E-state index is 11.1. The van der Waals surface area contributed by atoms with E-state index in [1.807, 2.05) is 0 Å². The van der Waals surface area contributed by atoms with Gasteiger partial charge in [0.15, 0.2) is 0 Å². The van der Waals surface area contributed by atoms with Gasteiger partial charge in [-0.2, -0.15) is 0 Å². The van der Waals surface area contributed by atoms with Crippen molar-refractivity contribution in [1.29, 1.82) is 0 Å². The number of aryl methyl sites for hydroxylation is 1. The fraction of sp³-hybridized carbons (Fsp3) is 0.500. The van der Waals surface area contributed by atoms with Crippen LogP contribution in [-0.4, -0.2) is 35.1 Å². The van der Waals surface area contributed by atoms with E-state index in [0.717, 1.165) is 44.5 Å². The van der Waals surface area contributed by atoms with E-state index in [9.17, 15) is 4.79 Å². The molecule has 0 radical (unpaired) electrons. The molecule has 0 amide bonds. The number of hydrogen-bond acceptors (Lipinski definition) is 3. The second-order valence-electron chi connectivity index (χ2n) is 10.0. The summed E-state index contributed by atoms with van der Waals surface area (Å²) in [6, 6.07) is 13.8. The SMILES string of the molecule is O=C(O)C1CC(N2CC3(Cc4ccc(OCc5cccc6c5CCC6)cc4C3)C2)C1. The van der Waals surface area contributed by atoms with Crippen molar-refractivity contribution in [3.05, 3.63) is 64.2 Å². The van der Waals surface area contributed by atoms with Gasteiger partial charge in [-0.3, -0.25) is 9.69 Å². The third-order valence-electron chi connectivity index (χ3n) is 8.00. The van der Waals surface area contributed by atoms with Gasteiger partial charge in [0.1, 0.15) is 12.4 Å². The molecule has 1 aliphatic heterocycles. The Hall–Kier alpha value is -2.33. The molecule has 2 fully saturated rings. The molecule has 4 nitrogen and oxygen atoms in total. The zero-order valence-corrected chi connectivity index (χ0v) is 17.4. The van der Waals surface area contributed by atoms with Gasteiger partial charge in [0, 0.05) is 24.5 Å². The molecule has 2 aromatic rings. The van der Waals surface area contributed by atoms with E-state index in [-0.39, 0.29) is 5.92 Å². The van der Waals surface area contributed by atoms with E-state index in [0.29, 0.717) is 18.1 Å². The summed E-state index contributed by atoms with van der Waals surface area (Å²) in [5, 5.41) is 9.10. The van der Waals surface area contributed by atoms with Gasteiger partial charge in [0.25, 0.3) is 0 Å². The minimum Gasteiger partial charge on any atom is -0.489 e. The van der Waals surface area contributed by atoms with E-state index in [2.05, 4.69) is 41.3 Å². The minimum atomic E-state index is -0.622. The van der Waals surface area contributed by atoms with Gasteiger partial charge in [0.05, 0.1) is 5.92 Å². The van der Waals surface area contributed by atoms with E-state index in [1.54, 1.807) is 0 Å². The predicted octanol–water partition coefficient (Wildman–Crippen LogP) is 4.02. The zero-order chi connectivity index (χ0) is 20.3. The molecule has 2 aromatic carbocycles. The molecular formula is C26H29NO3. The van der Waals surface area contributed by atoms with Crippen LogP contribution in [0.4, 0.5) is 0 Å². The summed E-state index contributed by atoms with van der Waals surface area (Å²) in [6.45, 7) is 2.89. The molecule has 0 aromatic heterocycles. The second-order valence-corrected chi connectivity index (χ2v) is 10.0. The highest BCUT2D eigenvalue weighted by Crippen LogP contribution is 2.48. The van der Waals surface area contributed by atoms with Crippen LogP contribution in [0.3, 0.4) is 0 Å². The molecule has 30 heavy (non-hydrogen) atoms. The molecular weight excluding hydrogens is 374 g/mol. The van der Waals surface area contributed by atoms with Crippen molar-refractivity contribution in [2.24, 2.45) is 11.3 Å². The monoisotopic (exact) mass is 403 g/mol. The Balaban J connectivity index is 1.07. The third kappa shape index (κ3) is 3.04. The van der Waals surface area contributed by atoms with Crippen molar-refractivity contribution >= 4 is 5.97 Å². The highest BCUT2D eigenvalue weighted by atomic mass is 16.5. The molecule has 156 valence electrons. The highest BCUT2D eigenvalue weighted by molar-refractivity contribution is 5.71. The summed E-state index contributed by atoms with van der Waals surface area (Å²) < 4.78 is 6.22. The van der Waals surface area contributed by atoms with Crippen LogP contribution >= 0.6 is 0 Å². The van der Waals surface area contributed by atoms with Gasteiger partial charge in [-0.05, 0) is 84.9 Å². The van der Waals surface area contributed by atoms with E-state index in [1.165, 1.54) is 47.1 Å². The van der Waals surface area contributed by atoms with Crippen molar-refractivity contribution in [3.8, 4) is 5.75 Å². The van der Waals surface area contributed by atoms with Crippen LogP contribution in [-0.2, 0) is 37.1 Å². The molecule has 0 atom stereocenters. The van der Waals surface area contributed by atoms with E-state index >= 15 is 0 Å². The molecule has 1 spiro atoms. The van der Waals surface area contributed by atoms with Crippen molar-refractivity contribution in [2.45, 2.75) is 57.6 Å². The summed E-state index contributed by atoms with van der Waals surface area (Å²) in [5.41, 5.74) is 7.64. The van der Waals surface area contributed by atoms with Crippen LogP contribution < -0.4 is 4.74 Å². The van der Waals surface area contributed by atoms with Crippen molar-refractivity contribution in [1.82, 2.24) is 4.90 Å². The topological polar surface area (TPSA) is 49.8 Å². The molecule has 3 aliphatic carbocycles. The summed E-state index contributed by atoms with van der Waals surface area (Å²) in [7, 11) is 0. The van der Waals surface area contributed by atoms with Crippen molar-refractivity contribution in [2.75, 3.05) is 13.1 Å². The summed E-state index contributed by atoms with van der Waals surface area (Å²) in [4.78, 5) is 13.6. The standard InChI is InChI=1S/C26H29NO3/c28-25(29)20-9-22(10-20)27-15-26(16-27)12-18-7-8-23(11-21(18)13-26)30-14-19-5-1-3-17-4-2-6-24(17)19/h1,3,5,7-8,11,20,22H,2,4,6,9-10,12-16H2,(H,28,29). The molecule has 0 bridgehead atoms. The number of carbonyl (C=O) groups is 1. The summed E-state index contributed by atoms with van der Waals surface area (Å²) in [6.07, 6.45) is 7.61. The van der Waals surface area contributed by atoms with Crippen LogP contribution in [0.5, 0.6) is 5.75 Å². The average Bonchev–Trinajstić information content (AvgIpc) is 3.28. The number of rotatable bonds is 5. The number of likely N-dealkylation sites (tertiary alicyclic amines) is 1. The first-order valence-electron chi connectivity index (χ1n) is 11.4. The van der Waals surface area contributed by atoms with Crippen LogP contribution in [0.15, 0.2) is 36.4 Å². The molecule has 0 unspecified atom stereocenters. The summed E-state index contributed by atoms with van der Waals surface area (Å²) >= 11 is 0. The lowest BCUT2D eigenvalue weighted by Crippen LogP contribution is -2.63. The molecule has 1 saturated carbocycles. The number of carboxylic acids is 1. The van der Waals surface area contributed by atoms with Crippen LogP contribution in [0.1, 0.15) is 47.1 Å². The fourth-order valence-corrected chi connectivity index (χ4v) is 6.28. The zero-order valence-electron chi connectivity index (χ0n) is 17.4. The second kappa shape index (κ2) is 6.84. The fourth-order valence-electron chi connectivity index (χ4n) is 6.28. The van der Waals surface area contributed by atoms with Gasteiger partial charge in [0.2, 0.25) is 0 Å². The lowest BCUT2D eigenvalue weighted by atomic mass is 9.71. The number of ether oxygens (including phenoxy) is 1. The van der Waals surface area contributed by atoms with Crippen LogP contribution in [0.2, 0.25) is 0 Å². The Bertz CT molecular complexity index is 1000. The van der Waals surface area contributed by atoms with Crippen LogP contribution in [0, 0.1) is 11.3 Å². The molecule has 4 aliphatic rings. The number of nitrogens with zero attached hydrogens (tertiary/aromatic N) is 1. The smallest absolute Gasteiger partial charge is 0.306 e.